The average Bonchev–Trinajstić information content (AvgIpc) is 2.41. The fourth-order valence-electron chi connectivity index (χ4n) is 2.19. The molecule has 0 amide bonds. The zero-order chi connectivity index (χ0) is 13.8. The average molecular weight is 297 g/mol. The monoisotopic (exact) mass is 296 g/mol. The molecular weight excluding hydrogens is 268 g/mol. The van der Waals surface area contributed by atoms with Crippen molar-refractivity contribution in [1.29, 1.82) is 0 Å². The van der Waals surface area contributed by atoms with Crippen LogP contribution in [0.2, 0.25) is 0 Å². The van der Waals surface area contributed by atoms with E-state index in [4.69, 9.17) is 0 Å². The Morgan fingerprint density at radius 1 is 0.947 bits per heavy atom. The summed E-state index contributed by atoms with van der Waals surface area (Å²) in [7, 11) is 0. The zero-order valence-electron chi connectivity index (χ0n) is 12.2. The second-order valence-electron chi connectivity index (χ2n) is 5.24. The number of thiol groups is 1. The molecule has 0 saturated carbocycles. The van der Waals surface area contributed by atoms with Gasteiger partial charge in [-0.25, -0.2) is 0 Å². The Morgan fingerprint density at radius 2 is 1.63 bits per heavy atom. The molecule has 0 aliphatic carbocycles. The largest absolute Gasteiger partial charge is 0.179 e. The van der Waals surface area contributed by atoms with Crippen LogP contribution in [0.3, 0.4) is 0 Å². The molecule has 0 nitrogen and oxygen atoms in total. The fourth-order valence-corrected chi connectivity index (χ4v) is 3.38. The summed E-state index contributed by atoms with van der Waals surface area (Å²) in [6.45, 7) is 2.17. The molecule has 0 N–H and O–H groups in total. The van der Waals surface area contributed by atoms with Gasteiger partial charge in [0.25, 0.3) is 0 Å². The van der Waals surface area contributed by atoms with E-state index in [1.165, 1.54) is 67.6 Å². The number of thioether (sulfide) groups is 1. The van der Waals surface area contributed by atoms with E-state index in [0.29, 0.717) is 0 Å². The first-order chi connectivity index (χ1) is 9.33. The van der Waals surface area contributed by atoms with Crippen LogP contribution in [0.5, 0.6) is 0 Å². The molecule has 0 aromatic heterocycles. The second kappa shape index (κ2) is 11.7. The summed E-state index contributed by atoms with van der Waals surface area (Å²) in [6, 6.07) is 8.87. The highest BCUT2D eigenvalue weighted by atomic mass is 32.2. The van der Waals surface area contributed by atoms with E-state index in [1.807, 2.05) is 0 Å². The predicted molar refractivity (Wildman–Crippen MR) is 93.5 cm³/mol. The molecule has 0 heterocycles. The summed E-state index contributed by atoms with van der Waals surface area (Å²) in [5, 5.41) is 0. The Hall–Kier alpha value is -0.0800. The van der Waals surface area contributed by atoms with E-state index in [1.54, 1.807) is 0 Å². The van der Waals surface area contributed by atoms with Gasteiger partial charge in [-0.1, -0.05) is 61.9 Å². The van der Waals surface area contributed by atoms with Crippen LogP contribution in [-0.4, -0.2) is 11.5 Å². The first-order valence-electron chi connectivity index (χ1n) is 7.57. The van der Waals surface area contributed by atoms with Crippen molar-refractivity contribution in [3.63, 3.8) is 0 Å². The number of unbranched alkanes of at least 4 members (excludes halogenated alkanes) is 6. The lowest BCUT2D eigenvalue weighted by Gasteiger charge is -2.04. The smallest absolute Gasteiger partial charge is 0.0184 e. The molecular formula is C17H28S2. The number of benzene rings is 1. The highest BCUT2D eigenvalue weighted by Gasteiger charge is 1.95. The third-order valence-corrected chi connectivity index (χ3v) is 4.73. The van der Waals surface area contributed by atoms with Gasteiger partial charge in [0.05, 0.1) is 0 Å². The molecule has 1 aromatic carbocycles. The van der Waals surface area contributed by atoms with E-state index in [9.17, 15) is 0 Å². The minimum absolute atomic E-state index is 1.05. The number of hydrogen-bond donors (Lipinski definition) is 1. The Balaban J connectivity index is 1.89. The van der Waals surface area contributed by atoms with Gasteiger partial charge < -0.3 is 0 Å². The maximum Gasteiger partial charge on any atom is 0.0184 e. The summed E-state index contributed by atoms with van der Waals surface area (Å²) >= 11 is 6.31. The van der Waals surface area contributed by atoms with Gasteiger partial charge in [-0.3, -0.25) is 0 Å². The van der Waals surface area contributed by atoms with Gasteiger partial charge in [-0.2, -0.15) is 24.4 Å². The van der Waals surface area contributed by atoms with Gasteiger partial charge in [0.15, 0.2) is 0 Å². The lowest BCUT2D eigenvalue weighted by atomic mass is 10.1. The topological polar surface area (TPSA) is 0 Å². The van der Waals surface area contributed by atoms with Gasteiger partial charge in [-0.15, -0.1) is 0 Å². The van der Waals surface area contributed by atoms with Crippen molar-refractivity contribution in [3.05, 3.63) is 35.4 Å². The summed E-state index contributed by atoms with van der Waals surface area (Å²) in [6.07, 6.45) is 9.66. The fraction of sp³-hybridized carbons (Fsp3) is 0.647. The van der Waals surface area contributed by atoms with Crippen LogP contribution >= 0.6 is 24.4 Å². The Kier molecular flexibility index (Phi) is 10.5. The SMILES string of the molecule is Cc1cccc(CSCCCCCCCCCS)c1. The maximum atomic E-state index is 4.24. The quantitative estimate of drug-likeness (QED) is 0.392. The number of aryl methyl sites for hydroxylation is 1. The Bertz CT molecular complexity index is 323. The van der Waals surface area contributed by atoms with Gasteiger partial charge in [0.1, 0.15) is 0 Å². The highest BCUT2D eigenvalue weighted by Crippen LogP contribution is 2.16. The summed E-state index contributed by atoms with van der Waals surface area (Å²) in [5.41, 5.74) is 2.84. The molecule has 1 aromatic rings. The van der Waals surface area contributed by atoms with Crippen LogP contribution in [0.4, 0.5) is 0 Å². The van der Waals surface area contributed by atoms with E-state index < -0.39 is 0 Å². The molecule has 0 atom stereocenters. The lowest BCUT2D eigenvalue weighted by Crippen LogP contribution is -1.86. The maximum absolute atomic E-state index is 4.24. The molecule has 0 spiro atoms. The molecule has 2 heteroatoms. The van der Waals surface area contributed by atoms with E-state index in [2.05, 4.69) is 55.6 Å². The molecule has 0 bridgehead atoms. The van der Waals surface area contributed by atoms with Gasteiger partial charge in [-0.05, 0) is 36.8 Å². The first kappa shape index (κ1) is 17.0. The van der Waals surface area contributed by atoms with Crippen molar-refractivity contribution in [3.8, 4) is 0 Å². The normalized spacial score (nSPS) is 10.8. The highest BCUT2D eigenvalue weighted by molar-refractivity contribution is 7.98. The standard InChI is InChI=1S/C17H28S2/c1-16-10-9-11-17(14-16)15-19-13-8-6-4-2-3-5-7-12-18/h9-11,14,18H,2-8,12-13,15H2,1H3. The minimum atomic E-state index is 1.05. The molecule has 0 aliphatic rings. The van der Waals surface area contributed by atoms with Crippen molar-refractivity contribution in [2.24, 2.45) is 0 Å². The number of hydrogen-bond acceptors (Lipinski definition) is 2. The van der Waals surface area contributed by atoms with E-state index in [0.717, 1.165) is 5.75 Å². The van der Waals surface area contributed by atoms with Crippen LogP contribution in [0.25, 0.3) is 0 Å². The van der Waals surface area contributed by atoms with Crippen LogP contribution in [-0.2, 0) is 5.75 Å². The molecule has 0 aliphatic heterocycles. The van der Waals surface area contributed by atoms with Crippen molar-refractivity contribution >= 4 is 24.4 Å². The van der Waals surface area contributed by atoms with E-state index in [-0.39, 0.29) is 0 Å². The molecule has 108 valence electrons. The molecule has 0 saturated heterocycles. The molecule has 19 heavy (non-hydrogen) atoms. The van der Waals surface area contributed by atoms with Gasteiger partial charge >= 0.3 is 0 Å². The molecule has 0 fully saturated rings. The van der Waals surface area contributed by atoms with Crippen molar-refractivity contribution in [1.82, 2.24) is 0 Å². The summed E-state index contributed by atoms with van der Waals surface area (Å²) < 4.78 is 0. The van der Waals surface area contributed by atoms with Crippen molar-refractivity contribution in [2.45, 2.75) is 57.6 Å². The molecule has 0 radical (unpaired) electrons. The van der Waals surface area contributed by atoms with Gasteiger partial charge in [0, 0.05) is 5.75 Å². The predicted octanol–water partition coefficient (Wildman–Crippen LogP) is 5.89. The molecule has 1 rings (SSSR count). The Morgan fingerprint density at radius 3 is 2.32 bits per heavy atom. The number of rotatable bonds is 11. The molecule has 0 unspecified atom stereocenters. The van der Waals surface area contributed by atoms with Crippen molar-refractivity contribution < 1.29 is 0 Å². The third kappa shape index (κ3) is 9.45. The van der Waals surface area contributed by atoms with Crippen LogP contribution < -0.4 is 0 Å². The third-order valence-electron chi connectivity index (χ3n) is 3.30. The van der Waals surface area contributed by atoms with Crippen LogP contribution in [0, 0.1) is 6.92 Å². The van der Waals surface area contributed by atoms with E-state index >= 15 is 0 Å². The minimum Gasteiger partial charge on any atom is -0.179 e. The summed E-state index contributed by atoms with van der Waals surface area (Å²) in [5.74, 6) is 3.53. The van der Waals surface area contributed by atoms with Crippen LogP contribution in [0.15, 0.2) is 24.3 Å². The lowest BCUT2D eigenvalue weighted by molar-refractivity contribution is 0.605. The van der Waals surface area contributed by atoms with Crippen molar-refractivity contribution in [2.75, 3.05) is 11.5 Å². The summed E-state index contributed by atoms with van der Waals surface area (Å²) in [4.78, 5) is 0. The zero-order valence-corrected chi connectivity index (χ0v) is 13.9. The van der Waals surface area contributed by atoms with Gasteiger partial charge in [0.2, 0.25) is 0 Å². The second-order valence-corrected chi connectivity index (χ2v) is 6.79. The first-order valence-corrected chi connectivity index (χ1v) is 9.36. The van der Waals surface area contributed by atoms with Crippen LogP contribution in [0.1, 0.15) is 56.1 Å². The Labute approximate surface area is 129 Å².